The Labute approximate surface area is 141 Å². The lowest BCUT2D eigenvalue weighted by molar-refractivity contribution is -0.121. The van der Waals surface area contributed by atoms with Gasteiger partial charge in [0.2, 0.25) is 5.91 Å². The first-order chi connectivity index (χ1) is 11.6. The predicted molar refractivity (Wildman–Crippen MR) is 91.4 cm³/mol. The quantitative estimate of drug-likeness (QED) is 0.781. The fourth-order valence-electron chi connectivity index (χ4n) is 2.30. The van der Waals surface area contributed by atoms with Crippen LogP contribution in [-0.2, 0) is 17.6 Å². The summed E-state index contributed by atoms with van der Waals surface area (Å²) in [5.74, 6) is -0.139. The van der Waals surface area contributed by atoms with E-state index in [0.29, 0.717) is 19.4 Å². The van der Waals surface area contributed by atoms with E-state index in [9.17, 15) is 9.59 Å². The highest BCUT2D eigenvalue weighted by Crippen LogP contribution is 2.11. The summed E-state index contributed by atoms with van der Waals surface area (Å²) in [7, 11) is 1.63. The number of ether oxygens (including phenoxy) is 1. The number of methoxy groups -OCH3 is 1. The van der Waals surface area contributed by atoms with Crippen LogP contribution in [0.5, 0.6) is 5.75 Å². The molecule has 0 aliphatic heterocycles. The van der Waals surface area contributed by atoms with Gasteiger partial charge in [-0.1, -0.05) is 24.3 Å². The number of hydrogen-bond donors (Lipinski definition) is 2. The first-order valence-electron chi connectivity index (χ1n) is 7.80. The minimum atomic E-state index is -0.946. The Balaban J connectivity index is 1.70. The lowest BCUT2D eigenvalue weighted by Crippen LogP contribution is -2.25. The molecule has 0 heterocycles. The van der Waals surface area contributed by atoms with Crippen LogP contribution in [0.1, 0.15) is 27.9 Å². The third-order valence-electron chi connectivity index (χ3n) is 3.74. The number of aryl methyl sites for hydroxylation is 1. The van der Waals surface area contributed by atoms with E-state index in [2.05, 4.69) is 5.32 Å². The molecule has 5 heteroatoms. The van der Waals surface area contributed by atoms with Crippen LogP contribution < -0.4 is 10.1 Å². The van der Waals surface area contributed by atoms with Crippen LogP contribution >= 0.6 is 0 Å². The van der Waals surface area contributed by atoms with Gasteiger partial charge in [0.15, 0.2) is 0 Å². The zero-order valence-electron chi connectivity index (χ0n) is 13.6. The van der Waals surface area contributed by atoms with Crippen molar-refractivity contribution in [2.75, 3.05) is 13.7 Å². The van der Waals surface area contributed by atoms with Crippen LogP contribution in [0.15, 0.2) is 48.5 Å². The first-order valence-corrected chi connectivity index (χ1v) is 7.80. The molecule has 0 saturated carbocycles. The summed E-state index contributed by atoms with van der Waals surface area (Å²) in [4.78, 5) is 22.6. The van der Waals surface area contributed by atoms with Gasteiger partial charge >= 0.3 is 5.97 Å². The molecule has 2 aromatic rings. The van der Waals surface area contributed by atoms with E-state index in [-0.39, 0.29) is 11.5 Å². The van der Waals surface area contributed by atoms with Crippen molar-refractivity contribution in [3.8, 4) is 5.75 Å². The Kier molecular flexibility index (Phi) is 6.37. The van der Waals surface area contributed by atoms with E-state index < -0.39 is 5.97 Å². The maximum absolute atomic E-state index is 11.9. The van der Waals surface area contributed by atoms with Crippen molar-refractivity contribution in [2.24, 2.45) is 0 Å². The lowest BCUT2D eigenvalue weighted by atomic mass is 10.1. The van der Waals surface area contributed by atoms with Gasteiger partial charge in [-0.25, -0.2) is 4.79 Å². The van der Waals surface area contributed by atoms with Crippen LogP contribution in [0.25, 0.3) is 0 Å². The molecule has 0 radical (unpaired) electrons. The second-order valence-corrected chi connectivity index (χ2v) is 5.45. The molecule has 2 rings (SSSR count). The third-order valence-corrected chi connectivity index (χ3v) is 3.74. The van der Waals surface area contributed by atoms with E-state index in [1.54, 1.807) is 31.4 Å². The van der Waals surface area contributed by atoms with Crippen molar-refractivity contribution in [1.29, 1.82) is 0 Å². The largest absolute Gasteiger partial charge is 0.497 e. The van der Waals surface area contributed by atoms with Gasteiger partial charge < -0.3 is 15.2 Å². The molecule has 0 aliphatic carbocycles. The predicted octanol–water partition coefficient (Wildman–Crippen LogP) is 2.68. The Morgan fingerprint density at radius 3 is 2.12 bits per heavy atom. The second kappa shape index (κ2) is 8.72. The number of carboxylic acid groups (broad SMARTS) is 1. The highest BCUT2D eigenvalue weighted by molar-refractivity contribution is 5.87. The number of benzene rings is 2. The molecular weight excluding hydrogens is 306 g/mol. The molecule has 0 aliphatic rings. The minimum Gasteiger partial charge on any atom is -0.497 e. The smallest absolute Gasteiger partial charge is 0.335 e. The molecule has 0 saturated heterocycles. The summed E-state index contributed by atoms with van der Waals surface area (Å²) in [6, 6.07) is 14.4. The van der Waals surface area contributed by atoms with Gasteiger partial charge in [0, 0.05) is 13.0 Å². The highest BCUT2D eigenvalue weighted by atomic mass is 16.5. The monoisotopic (exact) mass is 327 g/mol. The SMILES string of the molecule is COc1ccc(CCNC(=O)CCc2ccc(C(=O)O)cc2)cc1. The molecule has 5 nitrogen and oxygen atoms in total. The van der Waals surface area contributed by atoms with Crippen molar-refractivity contribution < 1.29 is 19.4 Å². The standard InChI is InChI=1S/C19H21NO4/c1-24-17-9-4-15(5-10-17)12-13-20-18(21)11-6-14-2-7-16(8-3-14)19(22)23/h2-5,7-10H,6,11-13H2,1H3,(H,20,21)(H,22,23). The van der Waals surface area contributed by atoms with Gasteiger partial charge in [0.1, 0.15) is 5.75 Å². The molecule has 0 atom stereocenters. The number of carbonyl (C=O) groups is 2. The van der Waals surface area contributed by atoms with Crippen LogP contribution in [0, 0.1) is 0 Å². The maximum Gasteiger partial charge on any atom is 0.335 e. The molecule has 0 spiro atoms. The van der Waals surface area contributed by atoms with Crippen LogP contribution in [0.3, 0.4) is 0 Å². The Morgan fingerprint density at radius 2 is 1.54 bits per heavy atom. The van der Waals surface area contributed by atoms with Gasteiger partial charge in [-0.05, 0) is 48.2 Å². The number of carbonyl (C=O) groups excluding carboxylic acids is 1. The zero-order valence-corrected chi connectivity index (χ0v) is 13.6. The molecule has 0 unspecified atom stereocenters. The summed E-state index contributed by atoms with van der Waals surface area (Å²) in [5.41, 5.74) is 2.34. The van der Waals surface area contributed by atoms with Gasteiger partial charge in [-0.15, -0.1) is 0 Å². The van der Waals surface area contributed by atoms with Crippen molar-refractivity contribution in [3.05, 3.63) is 65.2 Å². The molecule has 0 fully saturated rings. The highest BCUT2D eigenvalue weighted by Gasteiger charge is 2.05. The number of amides is 1. The Hall–Kier alpha value is -2.82. The molecule has 24 heavy (non-hydrogen) atoms. The van der Waals surface area contributed by atoms with Crippen molar-refractivity contribution in [1.82, 2.24) is 5.32 Å². The van der Waals surface area contributed by atoms with Gasteiger partial charge in [0.05, 0.1) is 12.7 Å². The number of nitrogens with one attached hydrogen (secondary N) is 1. The fourth-order valence-corrected chi connectivity index (χ4v) is 2.30. The molecule has 0 bridgehead atoms. The van der Waals surface area contributed by atoms with Crippen molar-refractivity contribution in [2.45, 2.75) is 19.3 Å². The van der Waals surface area contributed by atoms with Gasteiger partial charge in [0.25, 0.3) is 0 Å². The summed E-state index contributed by atoms with van der Waals surface area (Å²) >= 11 is 0. The van der Waals surface area contributed by atoms with Crippen molar-refractivity contribution >= 4 is 11.9 Å². The fraction of sp³-hybridized carbons (Fsp3) is 0.263. The van der Waals surface area contributed by atoms with E-state index in [1.165, 1.54) is 0 Å². The van der Waals surface area contributed by atoms with E-state index in [1.807, 2.05) is 24.3 Å². The van der Waals surface area contributed by atoms with Crippen LogP contribution in [0.2, 0.25) is 0 Å². The number of carboxylic acids is 1. The normalized spacial score (nSPS) is 10.2. The number of aromatic carboxylic acids is 1. The summed E-state index contributed by atoms with van der Waals surface area (Å²) in [6.45, 7) is 0.586. The van der Waals surface area contributed by atoms with Gasteiger partial charge in [-0.3, -0.25) is 4.79 Å². The van der Waals surface area contributed by atoms with E-state index in [0.717, 1.165) is 23.3 Å². The number of hydrogen-bond acceptors (Lipinski definition) is 3. The van der Waals surface area contributed by atoms with Gasteiger partial charge in [-0.2, -0.15) is 0 Å². The zero-order chi connectivity index (χ0) is 17.4. The molecule has 0 aromatic heterocycles. The van der Waals surface area contributed by atoms with E-state index >= 15 is 0 Å². The lowest BCUT2D eigenvalue weighted by Gasteiger charge is -2.07. The minimum absolute atomic E-state index is 0.00850. The van der Waals surface area contributed by atoms with Crippen molar-refractivity contribution in [3.63, 3.8) is 0 Å². The molecule has 2 aromatic carbocycles. The Bertz CT molecular complexity index is 678. The molecule has 2 N–H and O–H groups in total. The first kappa shape index (κ1) is 17.5. The molecule has 1 amide bonds. The average Bonchev–Trinajstić information content (AvgIpc) is 2.61. The maximum atomic E-state index is 11.9. The summed E-state index contributed by atoms with van der Waals surface area (Å²) in [5, 5.41) is 11.7. The average molecular weight is 327 g/mol. The summed E-state index contributed by atoms with van der Waals surface area (Å²) in [6.07, 6.45) is 1.74. The van der Waals surface area contributed by atoms with Crippen LogP contribution in [-0.4, -0.2) is 30.6 Å². The number of rotatable bonds is 8. The Morgan fingerprint density at radius 1 is 0.958 bits per heavy atom. The van der Waals surface area contributed by atoms with Crippen LogP contribution in [0.4, 0.5) is 0 Å². The summed E-state index contributed by atoms with van der Waals surface area (Å²) < 4.78 is 5.10. The molecular formula is C19H21NO4. The topological polar surface area (TPSA) is 75.6 Å². The van der Waals surface area contributed by atoms with E-state index in [4.69, 9.17) is 9.84 Å². The second-order valence-electron chi connectivity index (χ2n) is 5.45. The third kappa shape index (κ3) is 5.43. The molecule has 126 valence electrons.